The first-order valence-corrected chi connectivity index (χ1v) is 6.30. The maximum Gasteiger partial charge on any atom is 0.0534 e. The van der Waals surface area contributed by atoms with Crippen molar-refractivity contribution in [3.8, 4) is 0 Å². The van der Waals surface area contributed by atoms with Crippen LogP contribution in [0.4, 0.5) is 0 Å². The zero-order chi connectivity index (χ0) is 12.9. The molecule has 0 aromatic carbocycles. The maximum absolute atomic E-state index is 4.19. The van der Waals surface area contributed by atoms with Gasteiger partial charge in [0.2, 0.25) is 0 Å². The summed E-state index contributed by atoms with van der Waals surface area (Å²) in [5.41, 5.74) is 1.57. The predicted octanol–water partition coefficient (Wildman–Crippen LogP) is 1.49. The van der Waals surface area contributed by atoms with Crippen LogP contribution in [0.15, 0.2) is 12.4 Å². The van der Waals surface area contributed by atoms with Crippen LogP contribution in [0.5, 0.6) is 0 Å². The average molecular weight is 238 g/mol. The van der Waals surface area contributed by atoms with Crippen LogP contribution in [0, 0.1) is 5.41 Å². The molecule has 1 heterocycles. The van der Waals surface area contributed by atoms with Gasteiger partial charge in [-0.3, -0.25) is 4.68 Å². The van der Waals surface area contributed by atoms with Gasteiger partial charge in [-0.15, -0.1) is 0 Å². The number of hydrogen-bond acceptors (Lipinski definition) is 3. The SMILES string of the molecule is CCNCC(C)(C)CN(C)Cc1cnn(C)c1. The quantitative estimate of drug-likeness (QED) is 0.781. The van der Waals surface area contributed by atoms with E-state index in [-0.39, 0.29) is 0 Å². The largest absolute Gasteiger partial charge is 0.316 e. The lowest BCUT2D eigenvalue weighted by Crippen LogP contribution is -2.38. The summed E-state index contributed by atoms with van der Waals surface area (Å²) in [5, 5.41) is 7.61. The normalized spacial score (nSPS) is 12.4. The Morgan fingerprint density at radius 1 is 1.47 bits per heavy atom. The summed E-state index contributed by atoms with van der Waals surface area (Å²) in [6.45, 7) is 10.9. The van der Waals surface area contributed by atoms with Gasteiger partial charge in [-0.05, 0) is 19.0 Å². The molecule has 0 spiro atoms. The molecular weight excluding hydrogens is 212 g/mol. The van der Waals surface area contributed by atoms with Gasteiger partial charge in [0.1, 0.15) is 0 Å². The molecule has 0 aliphatic rings. The molecule has 1 aromatic rings. The van der Waals surface area contributed by atoms with Crippen molar-refractivity contribution in [3.05, 3.63) is 18.0 Å². The molecule has 1 rings (SSSR count). The molecule has 0 saturated carbocycles. The number of nitrogens with one attached hydrogen (secondary N) is 1. The molecule has 0 fully saturated rings. The minimum absolute atomic E-state index is 0.299. The summed E-state index contributed by atoms with van der Waals surface area (Å²) in [4.78, 5) is 2.36. The summed E-state index contributed by atoms with van der Waals surface area (Å²) >= 11 is 0. The Kier molecular flexibility index (Phi) is 5.15. The molecule has 0 unspecified atom stereocenters. The van der Waals surface area contributed by atoms with E-state index in [4.69, 9.17) is 0 Å². The Morgan fingerprint density at radius 3 is 2.71 bits per heavy atom. The number of aryl methyl sites for hydroxylation is 1. The zero-order valence-electron chi connectivity index (χ0n) is 11.8. The molecule has 17 heavy (non-hydrogen) atoms. The van der Waals surface area contributed by atoms with Gasteiger partial charge in [0, 0.05) is 38.4 Å². The Hall–Kier alpha value is -0.870. The van der Waals surface area contributed by atoms with Gasteiger partial charge in [-0.1, -0.05) is 20.8 Å². The highest BCUT2D eigenvalue weighted by Gasteiger charge is 2.19. The molecule has 4 nitrogen and oxygen atoms in total. The minimum atomic E-state index is 0.299. The Labute approximate surface area is 105 Å². The number of nitrogens with zero attached hydrogens (tertiary/aromatic N) is 3. The highest BCUT2D eigenvalue weighted by atomic mass is 15.2. The molecule has 98 valence electrons. The van der Waals surface area contributed by atoms with E-state index in [2.05, 4.69) is 49.3 Å². The smallest absolute Gasteiger partial charge is 0.0534 e. The molecule has 4 heteroatoms. The van der Waals surface area contributed by atoms with Gasteiger partial charge in [-0.2, -0.15) is 5.10 Å². The van der Waals surface area contributed by atoms with Gasteiger partial charge in [0.15, 0.2) is 0 Å². The first-order chi connectivity index (χ1) is 7.93. The van der Waals surface area contributed by atoms with Crippen LogP contribution in [0.2, 0.25) is 0 Å². The summed E-state index contributed by atoms with van der Waals surface area (Å²) in [6.07, 6.45) is 4.02. The molecule has 1 N–H and O–H groups in total. The van der Waals surface area contributed by atoms with Gasteiger partial charge >= 0.3 is 0 Å². The fourth-order valence-electron chi connectivity index (χ4n) is 2.17. The molecule has 0 aliphatic heterocycles. The van der Waals surface area contributed by atoms with Gasteiger partial charge < -0.3 is 10.2 Å². The van der Waals surface area contributed by atoms with Crippen LogP contribution in [-0.2, 0) is 13.6 Å². The van der Waals surface area contributed by atoms with Crippen molar-refractivity contribution in [1.29, 1.82) is 0 Å². The highest BCUT2D eigenvalue weighted by molar-refractivity contribution is 5.03. The highest BCUT2D eigenvalue weighted by Crippen LogP contribution is 2.16. The van der Waals surface area contributed by atoms with Crippen LogP contribution in [0.1, 0.15) is 26.3 Å². The van der Waals surface area contributed by atoms with E-state index >= 15 is 0 Å². The molecule has 0 amide bonds. The second-order valence-corrected chi connectivity index (χ2v) is 5.64. The zero-order valence-corrected chi connectivity index (χ0v) is 11.8. The lowest BCUT2D eigenvalue weighted by Gasteiger charge is -2.30. The van der Waals surface area contributed by atoms with Crippen molar-refractivity contribution in [2.45, 2.75) is 27.3 Å². The van der Waals surface area contributed by atoms with E-state index in [0.29, 0.717) is 5.41 Å². The topological polar surface area (TPSA) is 33.1 Å². The Morgan fingerprint density at radius 2 is 2.18 bits per heavy atom. The van der Waals surface area contributed by atoms with Crippen molar-refractivity contribution < 1.29 is 0 Å². The predicted molar refractivity (Wildman–Crippen MR) is 71.9 cm³/mol. The van der Waals surface area contributed by atoms with Crippen molar-refractivity contribution in [3.63, 3.8) is 0 Å². The van der Waals surface area contributed by atoms with Crippen molar-refractivity contribution >= 4 is 0 Å². The molecule has 1 aromatic heterocycles. The lowest BCUT2D eigenvalue weighted by atomic mass is 9.92. The second-order valence-electron chi connectivity index (χ2n) is 5.64. The first kappa shape index (κ1) is 14.2. The Bertz CT molecular complexity index is 330. The van der Waals surface area contributed by atoms with E-state index in [1.165, 1.54) is 5.56 Å². The van der Waals surface area contributed by atoms with Crippen LogP contribution >= 0.6 is 0 Å². The summed E-state index contributed by atoms with van der Waals surface area (Å²) in [7, 11) is 4.12. The second kappa shape index (κ2) is 6.17. The van der Waals surface area contributed by atoms with Gasteiger partial charge in [-0.25, -0.2) is 0 Å². The van der Waals surface area contributed by atoms with E-state index in [1.807, 2.05) is 17.9 Å². The minimum Gasteiger partial charge on any atom is -0.316 e. The molecule has 0 saturated heterocycles. The average Bonchev–Trinajstić information content (AvgIpc) is 2.60. The van der Waals surface area contributed by atoms with Crippen LogP contribution in [-0.4, -0.2) is 41.4 Å². The third kappa shape index (κ3) is 5.33. The van der Waals surface area contributed by atoms with E-state index in [0.717, 1.165) is 26.2 Å². The molecule has 0 bridgehead atoms. The number of hydrogen-bond donors (Lipinski definition) is 1. The van der Waals surface area contributed by atoms with Crippen LogP contribution in [0.3, 0.4) is 0 Å². The standard InChI is InChI=1S/C13H26N4/c1-6-14-10-13(2,3)11-16(4)8-12-7-15-17(5)9-12/h7,9,14H,6,8,10-11H2,1-5H3. The van der Waals surface area contributed by atoms with E-state index in [1.54, 1.807) is 0 Å². The van der Waals surface area contributed by atoms with Crippen molar-refractivity contribution in [1.82, 2.24) is 20.0 Å². The van der Waals surface area contributed by atoms with Crippen molar-refractivity contribution in [2.24, 2.45) is 12.5 Å². The summed E-state index contributed by atoms with van der Waals surface area (Å²) in [6, 6.07) is 0. The van der Waals surface area contributed by atoms with Crippen LogP contribution in [0.25, 0.3) is 0 Å². The van der Waals surface area contributed by atoms with Crippen LogP contribution < -0.4 is 5.32 Å². The Balaban J connectivity index is 2.40. The monoisotopic (exact) mass is 238 g/mol. The van der Waals surface area contributed by atoms with Crippen molar-refractivity contribution in [2.75, 3.05) is 26.7 Å². The number of aromatic nitrogens is 2. The van der Waals surface area contributed by atoms with Gasteiger partial charge in [0.05, 0.1) is 6.20 Å². The third-order valence-corrected chi connectivity index (χ3v) is 2.76. The molecule has 0 radical (unpaired) electrons. The number of rotatable bonds is 7. The molecular formula is C13H26N4. The third-order valence-electron chi connectivity index (χ3n) is 2.76. The van der Waals surface area contributed by atoms with E-state index < -0.39 is 0 Å². The lowest BCUT2D eigenvalue weighted by molar-refractivity contribution is 0.199. The maximum atomic E-state index is 4.19. The van der Waals surface area contributed by atoms with Gasteiger partial charge in [0.25, 0.3) is 0 Å². The van der Waals surface area contributed by atoms with E-state index in [9.17, 15) is 0 Å². The molecule has 0 aliphatic carbocycles. The fraction of sp³-hybridized carbons (Fsp3) is 0.769. The summed E-state index contributed by atoms with van der Waals surface area (Å²) < 4.78 is 1.85. The first-order valence-electron chi connectivity index (χ1n) is 6.30. The summed E-state index contributed by atoms with van der Waals surface area (Å²) in [5.74, 6) is 0. The molecule has 0 atom stereocenters. The fourth-order valence-corrected chi connectivity index (χ4v) is 2.17.